The Kier molecular flexibility index (Phi) is 3.24. The number of nitrogens with two attached hydrogens (primary N) is 1. The predicted molar refractivity (Wildman–Crippen MR) is 71.0 cm³/mol. The van der Waals surface area contributed by atoms with E-state index in [1.807, 2.05) is 13.0 Å². The fraction of sp³-hybridized carbons (Fsp3) is 0.0769. The number of nitrogen functional groups attached to an aromatic ring is 1. The molecule has 0 bridgehead atoms. The van der Waals surface area contributed by atoms with Gasteiger partial charge in [-0.2, -0.15) is 0 Å². The predicted octanol–water partition coefficient (Wildman–Crippen LogP) is 2.97. The Morgan fingerprint density at radius 2 is 2.12 bits per heavy atom. The van der Waals surface area contributed by atoms with Crippen LogP contribution < -0.4 is 5.73 Å². The molecule has 0 unspecified atom stereocenters. The van der Waals surface area contributed by atoms with Crippen LogP contribution in [0.25, 0.3) is 0 Å². The number of hydrogen-bond acceptors (Lipinski definition) is 3. The summed E-state index contributed by atoms with van der Waals surface area (Å²) >= 11 is 3.41. The molecule has 2 rings (SSSR count). The highest BCUT2D eigenvalue weighted by molar-refractivity contribution is 9.10. The second kappa shape index (κ2) is 4.67. The average Bonchev–Trinajstić information content (AvgIpc) is 2.32. The maximum atomic E-state index is 12.2. The van der Waals surface area contributed by atoms with Crippen LogP contribution in [0.2, 0.25) is 0 Å². The molecule has 0 amide bonds. The van der Waals surface area contributed by atoms with Crippen molar-refractivity contribution in [1.82, 2.24) is 4.98 Å². The Morgan fingerprint density at radius 3 is 2.76 bits per heavy atom. The van der Waals surface area contributed by atoms with E-state index >= 15 is 0 Å². The van der Waals surface area contributed by atoms with Crippen LogP contribution in [0, 0.1) is 6.92 Å². The van der Waals surface area contributed by atoms with Gasteiger partial charge in [-0.3, -0.25) is 9.78 Å². The van der Waals surface area contributed by atoms with Crippen LogP contribution in [0.3, 0.4) is 0 Å². The molecule has 0 aliphatic heterocycles. The van der Waals surface area contributed by atoms with Crippen molar-refractivity contribution in [3.05, 3.63) is 57.8 Å². The monoisotopic (exact) mass is 290 g/mol. The normalized spacial score (nSPS) is 10.2. The fourth-order valence-corrected chi connectivity index (χ4v) is 1.86. The number of rotatable bonds is 2. The van der Waals surface area contributed by atoms with E-state index in [9.17, 15) is 4.79 Å². The first-order valence-corrected chi connectivity index (χ1v) is 5.89. The molecule has 0 aliphatic carbocycles. The molecule has 1 heterocycles. The van der Waals surface area contributed by atoms with E-state index in [4.69, 9.17) is 5.73 Å². The maximum Gasteiger partial charge on any atom is 0.196 e. The molecule has 0 saturated carbocycles. The summed E-state index contributed by atoms with van der Waals surface area (Å²) in [4.78, 5) is 16.1. The first kappa shape index (κ1) is 11.8. The first-order valence-electron chi connectivity index (χ1n) is 5.10. The van der Waals surface area contributed by atoms with Crippen molar-refractivity contribution in [3.63, 3.8) is 0 Å². The summed E-state index contributed by atoms with van der Waals surface area (Å²) in [6, 6.07) is 7.10. The molecule has 2 aromatic rings. The second-order valence-electron chi connectivity index (χ2n) is 3.76. The Balaban J connectivity index is 2.44. The lowest BCUT2D eigenvalue weighted by atomic mass is 10.0. The van der Waals surface area contributed by atoms with Crippen LogP contribution in [0.1, 0.15) is 21.5 Å². The zero-order chi connectivity index (χ0) is 12.4. The smallest absolute Gasteiger partial charge is 0.196 e. The van der Waals surface area contributed by atoms with Crippen molar-refractivity contribution < 1.29 is 4.79 Å². The van der Waals surface area contributed by atoms with Crippen molar-refractivity contribution in [2.75, 3.05) is 5.73 Å². The number of pyridine rings is 1. The van der Waals surface area contributed by atoms with Gasteiger partial charge in [-0.1, -0.05) is 28.1 Å². The molecule has 0 radical (unpaired) electrons. The molecule has 0 fully saturated rings. The SMILES string of the molecule is Cc1ccc(C(=O)c2cnccc2N)cc1Br. The lowest BCUT2D eigenvalue weighted by Gasteiger charge is -2.05. The average molecular weight is 291 g/mol. The van der Waals surface area contributed by atoms with Gasteiger partial charge in [0.05, 0.1) is 5.56 Å². The third-order valence-electron chi connectivity index (χ3n) is 2.53. The van der Waals surface area contributed by atoms with Crippen LogP contribution >= 0.6 is 15.9 Å². The van der Waals surface area contributed by atoms with Crippen LogP contribution in [-0.2, 0) is 0 Å². The number of benzene rings is 1. The van der Waals surface area contributed by atoms with Gasteiger partial charge in [-0.15, -0.1) is 0 Å². The van der Waals surface area contributed by atoms with E-state index in [0.29, 0.717) is 16.8 Å². The van der Waals surface area contributed by atoms with Gasteiger partial charge in [0.1, 0.15) is 0 Å². The van der Waals surface area contributed by atoms with Crippen molar-refractivity contribution in [3.8, 4) is 0 Å². The Morgan fingerprint density at radius 1 is 1.35 bits per heavy atom. The number of ketones is 1. The zero-order valence-electron chi connectivity index (χ0n) is 9.27. The van der Waals surface area contributed by atoms with Crippen LogP contribution in [0.4, 0.5) is 5.69 Å². The highest BCUT2D eigenvalue weighted by Gasteiger charge is 2.13. The van der Waals surface area contributed by atoms with E-state index in [-0.39, 0.29) is 5.78 Å². The number of carbonyl (C=O) groups excluding carboxylic acids is 1. The Hall–Kier alpha value is -1.68. The van der Waals surface area contributed by atoms with E-state index in [1.165, 1.54) is 6.20 Å². The number of aromatic nitrogens is 1. The number of halogens is 1. The summed E-state index contributed by atoms with van der Waals surface area (Å²) in [5, 5.41) is 0. The van der Waals surface area contributed by atoms with Gasteiger partial charge in [-0.25, -0.2) is 0 Å². The minimum Gasteiger partial charge on any atom is -0.398 e. The summed E-state index contributed by atoms with van der Waals surface area (Å²) in [5.41, 5.74) is 8.32. The summed E-state index contributed by atoms with van der Waals surface area (Å²) in [7, 11) is 0. The lowest BCUT2D eigenvalue weighted by molar-refractivity contribution is 0.103. The summed E-state index contributed by atoms with van der Waals surface area (Å²) < 4.78 is 0.908. The Labute approximate surface area is 108 Å². The van der Waals surface area contributed by atoms with Crippen LogP contribution in [0.5, 0.6) is 0 Å². The van der Waals surface area contributed by atoms with Crippen LogP contribution in [0.15, 0.2) is 41.1 Å². The Bertz CT molecular complexity index is 581. The molecule has 0 aliphatic rings. The van der Waals surface area contributed by atoms with E-state index in [0.717, 1.165) is 10.0 Å². The molecular weight excluding hydrogens is 280 g/mol. The van der Waals surface area contributed by atoms with Gasteiger partial charge < -0.3 is 5.73 Å². The minimum absolute atomic E-state index is 0.115. The molecule has 0 atom stereocenters. The molecule has 0 saturated heterocycles. The van der Waals surface area contributed by atoms with Crippen molar-refractivity contribution in [2.24, 2.45) is 0 Å². The molecule has 4 heteroatoms. The maximum absolute atomic E-state index is 12.2. The highest BCUT2D eigenvalue weighted by atomic mass is 79.9. The van der Waals surface area contributed by atoms with E-state index in [2.05, 4.69) is 20.9 Å². The fourth-order valence-electron chi connectivity index (χ4n) is 1.48. The molecule has 3 nitrogen and oxygen atoms in total. The number of aryl methyl sites for hydroxylation is 1. The third kappa shape index (κ3) is 2.36. The van der Waals surface area contributed by atoms with Gasteiger partial charge in [0.15, 0.2) is 5.78 Å². The zero-order valence-corrected chi connectivity index (χ0v) is 10.9. The minimum atomic E-state index is -0.115. The van der Waals surface area contributed by atoms with E-state index in [1.54, 1.807) is 24.4 Å². The van der Waals surface area contributed by atoms with E-state index < -0.39 is 0 Å². The molecule has 2 N–H and O–H groups in total. The summed E-state index contributed by atoms with van der Waals surface area (Å²) in [6.45, 7) is 1.97. The first-order chi connectivity index (χ1) is 8.09. The molecule has 17 heavy (non-hydrogen) atoms. The summed E-state index contributed by atoms with van der Waals surface area (Å²) in [6.07, 6.45) is 3.06. The van der Waals surface area contributed by atoms with Crippen molar-refractivity contribution >= 4 is 27.4 Å². The number of hydrogen-bond donors (Lipinski definition) is 1. The highest BCUT2D eigenvalue weighted by Crippen LogP contribution is 2.21. The quantitative estimate of drug-likeness (QED) is 0.865. The molecular formula is C13H11BrN2O. The molecule has 1 aromatic carbocycles. The molecule has 1 aromatic heterocycles. The largest absolute Gasteiger partial charge is 0.398 e. The third-order valence-corrected chi connectivity index (χ3v) is 3.39. The second-order valence-corrected chi connectivity index (χ2v) is 4.61. The standard InChI is InChI=1S/C13H11BrN2O/c1-8-2-3-9(6-11(8)14)13(17)10-7-16-5-4-12(10)15/h2-7H,1H3,(H2,15,16). The van der Waals surface area contributed by atoms with Crippen molar-refractivity contribution in [2.45, 2.75) is 6.92 Å². The molecule has 86 valence electrons. The van der Waals surface area contributed by atoms with Crippen molar-refractivity contribution in [1.29, 1.82) is 0 Å². The van der Waals surface area contributed by atoms with Gasteiger partial charge in [0.25, 0.3) is 0 Å². The topological polar surface area (TPSA) is 56.0 Å². The number of anilines is 1. The summed E-state index contributed by atoms with van der Waals surface area (Å²) in [5.74, 6) is -0.115. The van der Waals surface area contributed by atoms with Gasteiger partial charge in [0.2, 0.25) is 0 Å². The lowest BCUT2D eigenvalue weighted by Crippen LogP contribution is -2.06. The molecule has 0 spiro atoms. The van der Waals surface area contributed by atoms with Gasteiger partial charge in [0, 0.05) is 28.1 Å². The van der Waals surface area contributed by atoms with Crippen LogP contribution in [-0.4, -0.2) is 10.8 Å². The van der Waals surface area contributed by atoms with Gasteiger partial charge >= 0.3 is 0 Å². The van der Waals surface area contributed by atoms with Gasteiger partial charge in [-0.05, 0) is 24.6 Å². The number of carbonyl (C=O) groups is 1. The number of nitrogens with zero attached hydrogens (tertiary/aromatic N) is 1.